The summed E-state index contributed by atoms with van der Waals surface area (Å²) in [6.45, 7) is 5.45. The Hall–Kier alpha value is 0.750. The topological polar surface area (TPSA) is 60.7 Å². The number of hydrogen-bond donors (Lipinski definition) is 3. The van der Waals surface area contributed by atoms with Crippen molar-refractivity contribution in [2.45, 2.75) is 56.7 Å². The highest BCUT2D eigenvalue weighted by molar-refractivity contribution is 6.19. The van der Waals surface area contributed by atoms with E-state index in [1.807, 2.05) is 20.8 Å². The molecule has 0 aromatic rings. The van der Waals surface area contributed by atoms with Gasteiger partial charge in [-0.1, -0.05) is 55.6 Å². The highest BCUT2D eigenvalue weighted by Gasteiger charge is 1.85. The molecule has 3 N–H and O–H groups in total. The molecular formula is C9H21Cl3O3. The Morgan fingerprint density at radius 1 is 0.667 bits per heavy atom. The summed E-state index contributed by atoms with van der Waals surface area (Å²) in [5.74, 6) is 0. The first kappa shape index (κ1) is 21.1. The fourth-order valence-corrected chi connectivity index (χ4v) is 0. The van der Waals surface area contributed by atoms with E-state index in [0.717, 1.165) is 0 Å². The maximum absolute atomic E-state index is 8.13. The molecule has 15 heavy (non-hydrogen) atoms. The number of hydrogen-bond acceptors (Lipinski definition) is 3. The average Bonchev–Trinajstić information content (AvgIpc) is 2.19. The van der Waals surface area contributed by atoms with Crippen LogP contribution in [0.4, 0.5) is 0 Å². The molecule has 0 aromatic carbocycles. The fraction of sp³-hybridized carbons (Fsp3) is 1.00. The molecule has 0 aliphatic rings. The first-order chi connectivity index (χ1) is 6.81. The molecule has 0 amide bonds. The van der Waals surface area contributed by atoms with Crippen LogP contribution in [-0.2, 0) is 0 Å². The van der Waals surface area contributed by atoms with Gasteiger partial charge in [-0.3, -0.25) is 0 Å². The predicted octanol–water partition coefficient (Wildman–Crippen LogP) is 2.86. The van der Waals surface area contributed by atoms with Gasteiger partial charge in [0.05, 0.1) is 0 Å². The normalized spacial score (nSPS) is 15.0. The van der Waals surface area contributed by atoms with Gasteiger partial charge in [0, 0.05) is 0 Å². The average molecular weight is 284 g/mol. The van der Waals surface area contributed by atoms with E-state index in [1.165, 1.54) is 0 Å². The molecule has 0 bridgehead atoms. The molecule has 0 spiro atoms. The van der Waals surface area contributed by atoms with E-state index >= 15 is 0 Å². The van der Waals surface area contributed by atoms with Crippen LogP contribution in [0.1, 0.15) is 40.0 Å². The number of aliphatic hydroxyl groups is 3. The van der Waals surface area contributed by atoms with Crippen molar-refractivity contribution in [1.29, 1.82) is 0 Å². The summed E-state index contributed by atoms with van der Waals surface area (Å²) in [6, 6.07) is 0. The maximum atomic E-state index is 8.13. The third-order valence-electron chi connectivity index (χ3n) is 1.01. The van der Waals surface area contributed by atoms with Crippen LogP contribution >= 0.6 is 34.8 Å². The van der Waals surface area contributed by atoms with Crippen LogP contribution in [0, 0.1) is 0 Å². The van der Waals surface area contributed by atoms with Gasteiger partial charge in [0.25, 0.3) is 0 Å². The van der Waals surface area contributed by atoms with Crippen molar-refractivity contribution in [1.82, 2.24) is 0 Å². The van der Waals surface area contributed by atoms with Crippen LogP contribution in [-0.4, -0.2) is 32.0 Å². The van der Waals surface area contributed by atoms with Crippen LogP contribution in [0.3, 0.4) is 0 Å². The van der Waals surface area contributed by atoms with Crippen molar-refractivity contribution < 1.29 is 15.3 Å². The molecule has 6 heteroatoms. The summed E-state index contributed by atoms with van der Waals surface area (Å²) in [6.07, 6.45) is 1.88. The second kappa shape index (κ2) is 17.2. The monoisotopic (exact) mass is 282 g/mol. The summed E-state index contributed by atoms with van der Waals surface area (Å²) in [7, 11) is 0. The maximum Gasteiger partial charge on any atom is 0.127 e. The van der Waals surface area contributed by atoms with Gasteiger partial charge in [-0.05, 0) is 19.3 Å². The van der Waals surface area contributed by atoms with Gasteiger partial charge in [-0.15, -0.1) is 0 Å². The summed E-state index contributed by atoms with van der Waals surface area (Å²) in [5, 5.41) is 24.4. The number of halogens is 3. The first-order valence-electron chi connectivity index (χ1n) is 4.78. The largest absolute Gasteiger partial charge is 0.378 e. The zero-order chi connectivity index (χ0) is 12.9. The second-order valence-corrected chi connectivity index (χ2v) is 4.04. The zero-order valence-corrected chi connectivity index (χ0v) is 11.6. The van der Waals surface area contributed by atoms with Crippen molar-refractivity contribution in [2.75, 3.05) is 0 Å². The van der Waals surface area contributed by atoms with E-state index in [1.54, 1.807) is 0 Å². The lowest BCUT2D eigenvalue weighted by Crippen LogP contribution is -1.88. The molecule has 3 nitrogen and oxygen atoms in total. The van der Waals surface area contributed by atoms with E-state index in [2.05, 4.69) is 0 Å². The molecule has 96 valence electrons. The van der Waals surface area contributed by atoms with Crippen LogP contribution < -0.4 is 0 Å². The van der Waals surface area contributed by atoms with Gasteiger partial charge < -0.3 is 15.3 Å². The van der Waals surface area contributed by atoms with E-state index in [9.17, 15) is 0 Å². The summed E-state index contributed by atoms with van der Waals surface area (Å²) in [4.78, 5) is 0. The molecule has 0 fully saturated rings. The van der Waals surface area contributed by atoms with Gasteiger partial charge in [0.2, 0.25) is 0 Å². The smallest absolute Gasteiger partial charge is 0.127 e. The Kier molecular flexibility index (Phi) is 24.1. The van der Waals surface area contributed by atoms with Crippen molar-refractivity contribution in [3.05, 3.63) is 0 Å². The van der Waals surface area contributed by atoms with E-state index in [4.69, 9.17) is 50.1 Å². The molecule has 0 aliphatic carbocycles. The van der Waals surface area contributed by atoms with E-state index in [-0.39, 0.29) is 0 Å². The molecule has 0 heterocycles. The summed E-state index contributed by atoms with van der Waals surface area (Å²) < 4.78 is 0. The SMILES string of the molecule is CCC(O)Cl.CCC(O)Cl.CCC(O)Cl. The highest BCUT2D eigenvalue weighted by Crippen LogP contribution is 1.92. The van der Waals surface area contributed by atoms with Gasteiger partial charge in [0.15, 0.2) is 0 Å². The molecule has 0 saturated carbocycles. The highest BCUT2D eigenvalue weighted by atomic mass is 35.5. The van der Waals surface area contributed by atoms with Crippen molar-refractivity contribution in [2.24, 2.45) is 0 Å². The fourth-order valence-electron chi connectivity index (χ4n) is 0. The van der Waals surface area contributed by atoms with Crippen LogP contribution in [0.2, 0.25) is 0 Å². The number of aliphatic hydroxyl groups excluding tert-OH is 3. The van der Waals surface area contributed by atoms with Crippen molar-refractivity contribution in [3.8, 4) is 0 Å². The molecule has 3 atom stereocenters. The van der Waals surface area contributed by atoms with E-state index in [0.29, 0.717) is 19.3 Å². The molecule has 3 unspecified atom stereocenters. The minimum atomic E-state index is -0.644. The van der Waals surface area contributed by atoms with Crippen LogP contribution in [0.15, 0.2) is 0 Å². The zero-order valence-electron chi connectivity index (χ0n) is 9.33. The molecule has 0 saturated heterocycles. The first-order valence-corrected chi connectivity index (χ1v) is 6.08. The van der Waals surface area contributed by atoms with Crippen LogP contribution in [0.5, 0.6) is 0 Å². The number of alkyl halides is 3. The Labute approximate surface area is 107 Å². The third-order valence-corrected chi connectivity index (χ3v) is 1.94. The third kappa shape index (κ3) is 52.6. The molecule has 0 rings (SSSR count). The second-order valence-electron chi connectivity index (χ2n) is 2.53. The minimum absolute atomic E-state index is 0.627. The Morgan fingerprint density at radius 3 is 0.733 bits per heavy atom. The van der Waals surface area contributed by atoms with Gasteiger partial charge in [-0.2, -0.15) is 0 Å². The predicted molar refractivity (Wildman–Crippen MR) is 66.5 cm³/mol. The summed E-state index contributed by atoms with van der Waals surface area (Å²) >= 11 is 15.1. The number of rotatable bonds is 3. The lowest BCUT2D eigenvalue weighted by atomic mass is 10.5. The molecular weight excluding hydrogens is 262 g/mol. The van der Waals surface area contributed by atoms with Crippen LogP contribution in [0.25, 0.3) is 0 Å². The van der Waals surface area contributed by atoms with E-state index < -0.39 is 16.7 Å². The Balaban J connectivity index is -0.000000144. The minimum Gasteiger partial charge on any atom is -0.378 e. The summed E-state index contributed by atoms with van der Waals surface area (Å²) in [5.41, 5.74) is -1.93. The Bertz CT molecular complexity index is 81.6. The van der Waals surface area contributed by atoms with Crippen molar-refractivity contribution >= 4 is 34.8 Å². The van der Waals surface area contributed by atoms with Gasteiger partial charge in [-0.25, -0.2) is 0 Å². The molecule has 0 aromatic heterocycles. The Morgan fingerprint density at radius 2 is 0.733 bits per heavy atom. The quantitative estimate of drug-likeness (QED) is 0.698. The molecule has 0 radical (unpaired) electrons. The van der Waals surface area contributed by atoms with Gasteiger partial charge >= 0.3 is 0 Å². The molecule has 0 aliphatic heterocycles. The van der Waals surface area contributed by atoms with Crippen molar-refractivity contribution in [3.63, 3.8) is 0 Å². The lowest BCUT2D eigenvalue weighted by molar-refractivity contribution is 0.252. The standard InChI is InChI=1S/3C3H7ClO/c3*1-2-3(4)5/h3*3,5H,2H2,1H3. The van der Waals surface area contributed by atoms with Gasteiger partial charge in [0.1, 0.15) is 16.7 Å². The lowest BCUT2D eigenvalue weighted by Gasteiger charge is -1.87.